The average molecular weight is 362 g/mol. The van der Waals surface area contributed by atoms with E-state index in [1.807, 2.05) is 0 Å². The van der Waals surface area contributed by atoms with Crippen molar-refractivity contribution in [3.63, 3.8) is 0 Å². The molecular weight excluding hydrogens is 344 g/mol. The number of benzene rings is 1. The molecular formula is C20H18N4O3. The zero-order chi connectivity index (χ0) is 19.3. The molecule has 3 heterocycles. The summed E-state index contributed by atoms with van der Waals surface area (Å²) in [7, 11) is 1.50. The summed E-state index contributed by atoms with van der Waals surface area (Å²) in [6, 6.07) is 13.4. The van der Waals surface area contributed by atoms with Crippen LogP contribution in [0.2, 0.25) is 0 Å². The molecule has 0 aromatic heterocycles. The minimum atomic E-state index is -1.87. The molecule has 0 amide bonds. The molecule has 1 aromatic carbocycles. The second kappa shape index (κ2) is 5.71. The van der Waals surface area contributed by atoms with Crippen molar-refractivity contribution in [2.24, 2.45) is 16.7 Å². The maximum atomic E-state index is 10.2. The van der Waals surface area contributed by atoms with Crippen LogP contribution < -0.4 is 4.74 Å². The fourth-order valence-corrected chi connectivity index (χ4v) is 5.00. The summed E-state index contributed by atoms with van der Waals surface area (Å²) in [5.41, 5.74) is -3.07. The van der Waals surface area contributed by atoms with Gasteiger partial charge in [-0.05, 0) is 18.9 Å². The van der Waals surface area contributed by atoms with Crippen LogP contribution in [0.15, 0.2) is 24.3 Å². The molecule has 2 bridgehead atoms. The minimum absolute atomic E-state index is 0.367. The Bertz CT molecular complexity index is 926. The summed E-state index contributed by atoms with van der Waals surface area (Å²) in [6.45, 7) is 0. The number of hydrogen-bond donors (Lipinski definition) is 1. The average Bonchev–Trinajstić information content (AvgIpc) is 2.71. The smallest absolute Gasteiger partial charge is 0.218 e. The predicted octanol–water partition coefficient (Wildman–Crippen LogP) is 3.20. The quantitative estimate of drug-likeness (QED) is 0.861. The van der Waals surface area contributed by atoms with Gasteiger partial charge in [0, 0.05) is 12.0 Å². The van der Waals surface area contributed by atoms with Gasteiger partial charge in [0.1, 0.15) is 11.9 Å². The molecule has 4 aliphatic rings. The third-order valence-electron chi connectivity index (χ3n) is 6.24. The van der Waals surface area contributed by atoms with Crippen molar-refractivity contribution in [2.75, 3.05) is 7.11 Å². The summed E-state index contributed by atoms with van der Waals surface area (Å²) < 4.78 is 17.6. The Kier molecular flexibility index (Phi) is 3.67. The number of hydrogen-bond acceptors (Lipinski definition) is 7. The van der Waals surface area contributed by atoms with Gasteiger partial charge in [0.2, 0.25) is 11.7 Å². The largest absolute Gasteiger partial charge is 0.496 e. The summed E-state index contributed by atoms with van der Waals surface area (Å²) >= 11 is 0. The van der Waals surface area contributed by atoms with Gasteiger partial charge in [0.05, 0.1) is 31.2 Å². The van der Waals surface area contributed by atoms with Gasteiger partial charge in [-0.3, -0.25) is 5.41 Å². The molecule has 7 nitrogen and oxygen atoms in total. The SMILES string of the molecule is COc1ccccc1[C@@H]1O[C@]23CCCC[C@@H]2C(C#N)(C#N)[C@@]1(C#N)C(=N)O3. The van der Waals surface area contributed by atoms with Crippen molar-refractivity contribution < 1.29 is 14.2 Å². The molecule has 3 saturated heterocycles. The summed E-state index contributed by atoms with van der Waals surface area (Å²) in [4.78, 5) is 0. The van der Waals surface area contributed by atoms with Crippen LogP contribution in [0.4, 0.5) is 0 Å². The number of nitrogens with one attached hydrogen (secondary N) is 1. The Morgan fingerprint density at radius 1 is 1.15 bits per heavy atom. The number of nitrogens with zero attached hydrogens (tertiary/aromatic N) is 3. The van der Waals surface area contributed by atoms with Gasteiger partial charge in [-0.15, -0.1) is 0 Å². The second-order valence-corrected chi connectivity index (χ2v) is 7.23. The maximum Gasteiger partial charge on any atom is 0.218 e. The van der Waals surface area contributed by atoms with E-state index in [0.29, 0.717) is 24.2 Å². The van der Waals surface area contributed by atoms with E-state index in [2.05, 4.69) is 18.2 Å². The van der Waals surface area contributed by atoms with Gasteiger partial charge >= 0.3 is 0 Å². The molecule has 3 aliphatic heterocycles. The standard InChI is InChI=1S/C20H18N4O3/c1-25-14-7-3-2-6-13(14)16-19(12-23)17(24)27-20(26-16)9-5-4-8-15(20)18(19,10-21)11-22/h2-3,6-7,15-16,24H,4-5,8-9H2,1H3/t15-,16+,19-,20+/m1/s1. The number of methoxy groups -OCH3 is 1. The zero-order valence-corrected chi connectivity index (χ0v) is 14.9. The van der Waals surface area contributed by atoms with E-state index in [1.165, 1.54) is 7.11 Å². The molecule has 5 rings (SSSR count). The van der Waals surface area contributed by atoms with Crippen LogP contribution in [0.3, 0.4) is 0 Å². The molecule has 136 valence electrons. The molecule has 4 fully saturated rings. The summed E-state index contributed by atoms with van der Waals surface area (Å²) in [5.74, 6) is -1.72. The second-order valence-electron chi connectivity index (χ2n) is 7.23. The van der Waals surface area contributed by atoms with Crippen molar-refractivity contribution in [3.05, 3.63) is 29.8 Å². The topological polar surface area (TPSA) is 123 Å². The third-order valence-corrected chi connectivity index (χ3v) is 6.24. The highest BCUT2D eigenvalue weighted by molar-refractivity contribution is 5.89. The molecule has 1 aliphatic carbocycles. The first kappa shape index (κ1) is 17.3. The number of fused-ring (bicyclic) bond motifs is 2. The Balaban J connectivity index is 2.03. The fourth-order valence-electron chi connectivity index (χ4n) is 5.00. The summed E-state index contributed by atoms with van der Waals surface area (Å²) in [6.07, 6.45) is 1.62. The zero-order valence-electron chi connectivity index (χ0n) is 14.9. The van der Waals surface area contributed by atoms with E-state index in [4.69, 9.17) is 19.6 Å². The first-order chi connectivity index (χ1) is 13.0. The number of ether oxygens (including phenoxy) is 3. The molecule has 1 aromatic rings. The first-order valence-electron chi connectivity index (χ1n) is 8.88. The van der Waals surface area contributed by atoms with Crippen molar-refractivity contribution in [2.45, 2.75) is 37.6 Å². The lowest BCUT2D eigenvalue weighted by molar-refractivity contribution is -0.360. The Morgan fingerprint density at radius 3 is 2.56 bits per heavy atom. The van der Waals surface area contributed by atoms with Crippen molar-refractivity contribution in [1.29, 1.82) is 21.2 Å². The number of para-hydroxylation sites is 1. The fraction of sp³-hybridized carbons (Fsp3) is 0.500. The van der Waals surface area contributed by atoms with Gasteiger partial charge in [0.15, 0.2) is 10.8 Å². The number of nitriles is 3. The van der Waals surface area contributed by atoms with Gasteiger partial charge in [0.25, 0.3) is 0 Å². The first-order valence-corrected chi connectivity index (χ1v) is 8.88. The Morgan fingerprint density at radius 2 is 1.89 bits per heavy atom. The molecule has 27 heavy (non-hydrogen) atoms. The van der Waals surface area contributed by atoms with Crippen LogP contribution in [0, 0.1) is 56.2 Å². The lowest BCUT2D eigenvalue weighted by atomic mass is 9.48. The van der Waals surface area contributed by atoms with Crippen LogP contribution in [-0.4, -0.2) is 18.8 Å². The van der Waals surface area contributed by atoms with Crippen molar-refractivity contribution in [1.82, 2.24) is 0 Å². The Labute approximate surface area is 157 Å². The molecule has 0 unspecified atom stereocenters. The Hall–Kier alpha value is -3.08. The maximum absolute atomic E-state index is 10.2. The molecule has 4 atom stereocenters. The lowest BCUT2D eigenvalue weighted by Gasteiger charge is -2.63. The molecule has 1 saturated carbocycles. The van der Waals surface area contributed by atoms with E-state index in [-0.39, 0.29) is 5.90 Å². The molecule has 1 N–H and O–H groups in total. The lowest BCUT2D eigenvalue weighted by Crippen LogP contribution is -2.73. The van der Waals surface area contributed by atoms with Crippen LogP contribution in [0.5, 0.6) is 5.75 Å². The van der Waals surface area contributed by atoms with Crippen LogP contribution in [0.1, 0.15) is 37.4 Å². The van der Waals surface area contributed by atoms with E-state index in [1.54, 1.807) is 24.3 Å². The third kappa shape index (κ3) is 1.84. The predicted molar refractivity (Wildman–Crippen MR) is 92.0 cm³/mol. The van der Waals surface area contributed by atoms with Crippen LogP contribution >= 0.6 is 0 Å². The molecule has 7 heteroatoms. The van der Waals surface area contributed by atoms with Gasteiger partial charge in [-0.25, -0.2) is 0 Å². The van der Waals surface area contributed by atoms with E-state index in [0.717, 1.165) is 12.8 Å². The normalized spacial score (nSPS) is 35.7. The van der Waals surface area contributed by atoms with E-state index >= 15 is 0 Å². The van der Waals surface area contributed by atoms with Gasteiger partial charge in [-0.1, -0.05) is 24.6 Å². The van der Waals surface area contributed by atoms with Crippen molar-refractivity contribution >= 4 is 5.90 Å². The monoisotopic (exact) mass is 362 g/mol. The van der Waals surface area contributed by atoms with Gasteiger partial charge in [-0.2, -0.15) is 15.8 Å². The van der Waals surface area contributed by atoms with Crippen LogP contribution in [0.25, 0.3) is 0 Å². The highest BCUT2D eigenvalue weighted by Gasteiger charge is 2.80. The minimum Gasteiger partial charge on any atom is -0.496 e. The highest BCUT2D eigenvalue weighted by atomic mass is 16.7. The highest BCUT2D eigenvalue weighted by Crippen LogP contribution is 2.69. The van der Waals surface area contributed by atoms with E-state index in [9.17, 15) is 15.8 Å². The van der Waals surface area contributed by atoms with E-state index < -0.39 is 28.6 Å². The van der Waals surface area contributed by atoms with Gasteiger partial charge < -0.3 is 14.2 Å². The molecule has 1 spiro atoms. The molecule has 0 radical (unpaired) electrons. The van der Waals surface area contributed by atoms with Crippen LogP contribution in [-0.2, 0) is 9.47 Å². The number of rotatable bonds is 2. The summed E-state index contributed by atoms with van der Waals surface area (Å²) in [5, 5.41) is 39.1. The van der Waals surface area contributed by atoms with Crippen molar-refractivity contribution in [3.8, 4) is 24.0 Å².